The average Bonchev–Trinajstić information content (AvgIpc) is 3.14. The number of halogens is 2. The standard InChI is InChI=1S/C19H16F2N2O2/c20-14-8-9-15(21)16(11-14)23-18(24)12-22-19(17-7-4-10-25-17)13-5-2-1-3-6-13/h1-11,19,22H,12H2,(H,23,24)/p+1/t19-/m1/s1. The van der Waals surface area contributed by atoms with Crippen molar-refractivity contribution in [1.82, 2.24) is 0 Å². The van der Waals surface area contributed by atoms with Gasteiger partial charge in [-0.15, -0.1) is 0 Å². The molecule has 0 fully saturated rings. The first-order chi connectivity index (χ1) is 12.1. The summed E-state index contributed by atoms with van der Waals surface area (Å²) in [6.07, 6.45) is 1.57. The molecule has 0 radical (unpaired) electrons. The fourth-order valence-electron chi connectivity index (χ4n) is 2.56. The van der Waals surface area contributed by atoms with Gasteiger partial charge in [-0.1, -0.05) is 30.3 Å². The van der Waals surface area contributed by atoms with Gasteiger partial charge in [0.05, 0.1) is 12.0 Å². The molecule has 128 valence electrons. The van der Waals surface area contributed by atoms with Gasteiger partial charge in [0.25, 0.3) is 5.91 Å². The molecule has 0 aliphatic carbocycles. The molecule has 1 aromatic heterocycles. The lowest BCUT2D eigenvalue weighted by atomic mass is 10.0. The number of nitrogens with one attached hydrogen (secondary N) is 1. The van der Waals surface area contributed by atoms with Crippen LogP contribution in [0, 0.1) is 11.6 Å². The minimum atomic E-state index is -0.680. The molecule has 3 rings (SSSR count). The Kier molecular flexibility index (Phi) is 5.20. The van der Waals surface area contributed by atoms with Crippen molar-refractivity contribution >= 4 is 11.6 Å². The van der Waals surface area contributed by atoms with Crippen LogP contribution in [-0.2, 0) is 4.79 Å². The number of hydrogen-bond acceptors (Lipinski definition) is 2. The molecule has 0 aliphatic rings. The van der Waals surface area contributed by atoms with Crippen molar-refractivity contribution in [2.24, 2.45) is 0 Å². The van der Waals surface area contributed by atoms with Crippen molar-refractivity contribution in [3.8, 4) is 0 Å². The van der Waals surface area contributed by atoms with Gasteiger partial charge in [0.2, 0.25) is 0 Å². The summed E-state index contributed by atoms with van der Waals surface area (Å²) in [6, 6.07) is 15.9. The Balaban J connectivity index is 1.69. The van der Waals surface area contributed by atoms with E-state index in [1.165, 1.54) is 0 Å². The molecule has 1 atom stereocenters. The van der Waals surface area contributed by atoms with Gasteiger partial charge in [-0.3, -0.25) is 4.79 Å². The molecule has 6 heteroatoms. The summed E-state index contributed by atoms with van der Waals surface area (Å²) in [7, 11) is 0. The molecule has 0 aliphatic heterocycles. The Hall–Kier alpha value is -2.99. The zero-order valence-electron chi connectivity index (χ0n) is 13.3. The van der Waals surface area contributed by atoms with Crippen LogP contribution in [0.25, 0.3) is 0 Å². The van der Waals surface area contributed by atoms with Crippen LogP contribution in [0.15, 0.2) is 71.3 Å². The summed E-state index contributed by atoms with van der Waals surface area (Å²) in [5, 5.41) is 4.17. The third-order valence-electron chi connectivity index (χ3n) is 3.75. The zero-order chi connectivity index (χ0) is 17.6. The number of carbonyl (C=O) groups excluding carboxylic acids is 1. The van der Waals surface area contributed by atoms with Crippen LogP contribution in [-0.4, -0.2) is 12.5 Å². The fourth-order valence-corrected chi connectivity index (χ4v) is 2.56. The number of hydrogen-bond donors (Lipinski definition) is 2. The number of nitrogens with two attached hydrogens (primary N) is 1. The first kappa shape index (κ1) is 16.9. The summed E-state index contributed by atoms with van der Waals surface area (Å²) in [4.78, 5) is 12.1. The third kappa shape index (κ3) is 4.30. The minimum Gasteiger partial charge on any atom is -0.463 e. The van der Waals surface area contributed by atoms with E-state index in [1.54, 1.807) is 17.6 Å². The van der Waals surface area contributed by atoms with Gasteiger partial charge in [-0.2, -0.15) is 0 Å². The van der Waals surface area contributed by atoms with Crippen LogP contribution in [0.5, 0.6) is 0 Å². The highest BCUT2D eigenvalue weighted by molar-refractivity contribution is 5.91. The van der Waals surface area contributed by atoms with Gasteiger partial charge >= 0.3 is 0 Å². The van der Waals surface area contributed by atoms with Gasteiger partial charge in [-0.25, -0.2) is 8.78 Å². The van der Waals surface area contributed by atoms with Crippen LogP contribution in [0.4, 0.5) is 14.5 Å². The van der Waals surface area contributed by atoms with Crippen molar-refractivity contribution in [2.45, 2.75) is 6.04 Å². The molecule has 3 aromatic rings. The van der Waals surface area contributed by atoms with Gasteiger partial charge < -0.3 is 15.1 Å². The lowest BCUT2D eigenvalue weighted by molar-refractivity contribution is -0.678. The van der Waals surface area contributed by atoms with E-state index in [2.05, 4.69) is 5.32 Å². The second-order valence-electron chi connectivity index (χ2n) is 5.52. The van der Waals surface area contributed by atoms with E-state index in [4.69, 9.17) is 4.42 Å². The number of benzene rings is 2. The number of quaternary nitrogens is 1. The summed E-state index contributed by atoms with van der Waals surface area (Å²) in [5.74, 6) is -1.02. The fraction of sp³-hybridized carbons (Fsp3) is 0.105. The highest BCUT2D eigenvalue weighted by atomic mass is 19.1. The van der Waals surface area contributed by atoms with Crippen LogP contribution >= 0.6 is 0 Å². The average molecular weight is 343 g/mol. The Labute approximate surface area is 143 Å². The van der Waals surface area contributed by atoms with Crippen molar-refractivity contribution in [3.63, 3.8) is 0 Å². The van der Waals surface area contributed by atoms with Gasteiger partial charge in [0, 0.05) is 11.6 Å². The molecule has 3 N–H and O–H groups in total. The summed E-state index contributed by atoms with van der Waals surface area (Å²) in [5.41, 5.74) is 0.801. The second-order valence-corrected chi connectivity index (χ2v) is 5.52. The highest BCUT2D eigenvalue weighted by Gasteiger charge is 2.21. The number of furan rings is 1. The van der Waals surface area contributed by atoms with Crippen LogP contribution in [0.1, 0.15) is 17.4 Å². The van der Waals surface area contributed by atoms with Gasteiger partial charge in [-0.05, 0) is 24.3 Å². The van der Waals surface area contributed by atoms with Crippen LogP contribution in [0.2, 0.25) is 0 Å². The lowest BCUT2D eigenvalue weighted by Gasteiger charge is -2.14. The number of rotatable bonds is 6. The van der Waals surface area contributed by atoms with Gasteiger partial charge in [0.1, 0.15) is 11.6 Å². The number of amides is 1. The van der Waals surface area contributed by atoms with E-state index in [9.17, 15) is 13.6 Å². The highest BCUT2D eigenvalue weighted by Crippen LogP contribution is 2.18. The summed E-state index contributed by atoms with van der Waals surface area (Å²) >= 11 is 0. The maximum atomic E-state index is 13.6. The van der Waals surface area contributed by atoms with Crippen molar-refractivity contribution in [3.05, 3.63) is 89.9 Å². The van der Waals surface area contributed by atoms with Gasteiger partial charge in [0.15, 0.2) is 18.3 Å². The monoisotopic (exact) mass is 343 g/mol. The smallest absolute Gasteiger partial charge is 0.279 e. The summed E-state index contributed by atoms with van der Waals surface area (Å²) in [6.45, 7) is 0.0240. The van der Waals surface area contributed by atoms with Crippen molar-refractivity contribution < 1.29 is 23.3 Å². The van der Waals surface area contributed by atoms with Crippen molar-refractivity contribution in [1.29, 1.82) is 0 Å². The number of anilines is 1. The Morgan fingerprint density at radius 1 is 1.08 bits per heavy atom. The lowest BCUT2D eigenvalue weighted by Crippen LogP contribution is -2.87. The molecule has 4 nitrogen and oxygen atoms in total. The van der Waals surface area contributed by atoms with Crippen LogP contribution in [0.3, 0.4) is 0 Å². The molecule has 25 heavy (non-hydrogen) atoms. The maximum absolute atomic E-state index is 13.6. The second kappa shape index (κ2) is 7.72. The van der Waals surface area contributed by atoms with Crippen LogP contribution < -0.4 is 10.6 Å². The van der Waals surface area contributed by atoms with E-state index >= 15 is 0 Å². The third-order valence-corrected chi connectivity index (χ3v) is 3.75. The topological polar surface area (TPSA) is 58.9 Å². The Bertz CT molecular complexity index is 836. The Morgan fingerprint density at radius 3 is 2.60 bits per heavy atom. The first-order valence-electron chi connectivity index (χ1n) is 7.80. The normalized spacial score (nSPS) is 11.9. The zero-order valence-corrected chi connectivity index (χ0v) is 13.3. The molecule has 1 amide bonds. The molecule has 2 aromatic carbocycles. The molecule has 1 heterocycles. The predicted octanol–water partition coefficient (Wildman–Crippen LogP) is 2.85. The molecule has 0 bridgehead atoms. The molecule has 0 saturated carbocycles. The Morgan fingerprint density at radius 2 is 1.88 bits per heavy atom. The quantitative estimate of drug-likeness (QED) is 0.723. The molecular formula is C19H17F2N2O2+. The SMILES string of the molecule is O=C(C[NH2+][C@H](c1ccccc1)c1ccco1)Nc1cc(F)ccc1F. The molecule has 0 saturated heterocycles. The largest absolute Gasteiger partial charge is 0.463 e. The molecule has 0 spiro atoms. The first-order valence-corrected chi connectivity index (χ1v) is 7.80. The van der Waals surface area contributed by atoms with E-state index < -0.39 is 17.5 Å². The minimum absolute atomic E-state index is 0.0240. The predicted molar refractivity (Wildman–Crippen MR) is 88.8 cm³/mol. The summed E-state index contributed by atoms with van der Waals surface area (Å²) < 4.78 is 32.3. The van der Waals surface area contributed by atoms with E-state index in [0.29, 0.717) is 5.76 Å². The maximum Gasteiger partial charge on any atom is 0.279 e. The molecule has 0 unspecified atom stereocenters. The van der Waals surface area contributed by atoms with E-state index in [1.807, 2.05) is 36.4 Å². The molecular weight excluding hydrogens is 326 g/mol. The number of carbonyl (C=O) groups is 1. The van der Waals surface area contributed by atoms with E-state index in [0.717, 1.165) is 23.8 Å². The van der Waals surface area contributed by atoms with Crippen molar-refractivity contribution in [2.75, 3.05) is 11.9 Å². The van der Waals surface area contributed by atoms with E-state index in [-0.39, 0.29) is 18.3 Å².